The molecule has 0 radical (unpaired) electrons. The minimum atomic E-state index is -0.632. The first-order valence-electron chi connectivity index (χ1n) is 4.87. The lowest BCUT2D eigenvalue weighted by Gasteiger charge is -2.32. The number of carboxylic acid groups (broad SMARTS) is 1. The van der Waals surface area contributed by atoms with Gasteiger partial charge in [-0.05, 0) is 40.7 Å². The topological polar surface area (TPSA) is 40.5 Å². The van der Waals surface area contributed by atoms with Crippen LogP contribution in [0.2, 0.25) is 0 Å². The summed E-state index contributed by atoms with van der Waals surface area (Å²) < 4.78 is 0. The Kier molecular flexibility index (Phi) is 2.66. The largest absolute Gasteiger partial charge is 0.481 e. The van der Waals surface area contributed by atoms with E-state index >= 15 is 0 Å². The van der Waals surface area contributed by atoms with Gasteiger partial charge in [0.2, 0.25) is 0 Å². The quantitative estimate of drug-likeness (QED) is 0.723. The first-order chi connectivity index (χ1) is 5.92. The van der Waals surface area contributed by atoms with E-state index in [1.54, 1.807) is 0 Å². The van der Waals surface area contributed by atoms with E-state index in [9.17, 15) is 4.79 Å². The van der Waals surface area contributed by atoms with Gasteiger partial charge in [-0.2, -0.15) is 0 Å². The summed E-state index contributed by atoms with van der Waals surface area (Å²) in [6.45, 7) is 6.20. The predicted octanol–water partition coefficient (Wildman–Crippen LogP) is 1.58. The van der Waals surface area contributed by atoms with Crippen LogP contribution in [0.3, 0.4) is 0 Å². The van der Waals surface area contributed by atoms with Crippen molar-refractivity contribution >= 4 is 5.97 Å². The molecule has 1 N–H and O–H groups in total. The smallest absolute Gasteiger partial charge is 0.311 e. The van der Waals surface area contributed by atoms with Crippen molar-refractivity contribution in [3.05, 3.63) is 0 Å². The first-order valence-corrected chi connectivity index (χ1v) is 4.87. The standard InChI is InChI=1S/C10H19NO2/c1-7(2)11(4)8(3)10(5-6-10)9(12)13/h7-8H,5-6H2,1-4H3,(H,12,13). The average Bonchev–Trinajstić information content (AvgIpc) is 2.81. The zero-order chi connectivity index (χ0) is 10.2. The molecule has 0 heterocycles. The monoisotopic (exact) mass is 185 g/mol. The molecule has 76 valence electrons. The van der Waals surface area contributed by atoms with Gasteiger partial charge in [-0.3, -0.25) is 4.79 Å². The molecule has 1 fully saturated rings. The van der Waals surface area contributed by atoms with Crippen molar-refractivity contribution in [1.29, 1.82) is 0 Å². The number of rotatable bonds is 4. The fourth-order valence-electron chi connectivity index (χ4n) is 1.78. The normalized spacial score (nSPS) is 22.0. The summed E-state index contributed by atoms with van der Waals surface area (Å²) in [5.74, 6) is -0.632. The van der Waals surface area contributed by atoms with Crippen LogP contribution in [0.25, 0.3) is 0 Å². The highest BCUT2D eigenvalue weighted by molar-refractivity contribution is 5.78. The fourth-order valence-corrected chi connectivity index (χ4v) is 1.78. The Morgan fingerprint density at radius 1 is 1.38 bits per heavy atom. The van der Waals surface area contributed by atoms with Crippen molar-refractivity contribution in [2.24, 2.45) is 5.41 Å². The molecule has 0 aromatic carbocycles. The Bertz CT molecular complexity index is 209. The van der Waals surface area contributed by atoms with Crippen molar-refractivity contribution in [2.45, 2.75) is 45.7 Å². The van der Waals surface area contributed by atoms with Crippen LogP contribution in [0.5, 0.6) is 0 Å². The Morgan fingerprint density at radius 3 is 2.08 bits per heavy atom. The number of hydrogen-bond acceptors (Lipinski definition) is 2. The van der Waals surface area contributed by atoms with Gasteiger partial charge >= 0.3 is 5.97 Å². The van der Waals surface area contributed by atoms with Gasteiger partial charge in [0.25, 0.3) is 0 Å². The molecule has 0 aromatic heterocycles. The van der Waals surface area contributed by atoms with Crippen molar-refractivity contribution < 1.29 is 9.90 Å². The molecular weight excluding hydrogens is 166 g/mol. The molecule has 3 nitrogen and oxygen atoms in total. The summed E-state index contributed by atoms with van der Waals surface area (Å²) in [5.41, 5.74) is -0.445. The summed E-state index contributed by atoms with van der Waals surface area (Å²) >= 11 is 0. The van der Waals surface area contributed by atoms with Crippen LogP contribution in [0.15, 0.2) is 0 Å². The molecule has 0 saturated heterocycles. The van der Waals surface area contributed by atoms with Gasteiger partial charge in [0.15, 0.2) is 0 Å². The van der Waals surface area contributed by atoms with E-state index in [1.165, 1.54) is 0 Å². The van der Waals surface area contributed by atoms with Gasteiger partial charge in [-0.1, -0.05) is 0 Å². The van der Waals surface area contributed by atoms with E-state index in [1.807, 2.05) is 14.0 Å². The molecule has 0 spiro atoms. The van der Waals surface area contributed by atoms with E-state index in [-0.39, 0.29) is 6.04 Å². The highest BCUT2D eigenvalue weighted by atomic mass is 16.4. The van der Waals surface area contributed by atoms with Gasteiger partial charge in [0, 0.05) is 12.1 Å². The molecule has 1 aliphatic rings. The van der Waals surface area contributed by atoms with E-state index < -0.39 is 11.4 Å². The molecule has 0 bridgehead atoms. The highest BCUT2D eigenvalue weighted by Gasteiger charge is 2.55. The van der Waals surface area contributed by atoms with Gasteiger partial charge in [0.1, 0.15) is 0 Å². The van der Waals surface area contributed by atoms with E-state index in [2.05, 4.69) is 18.7 Å². The molecule has 1 atom stereocenters. The summed E-state index contributed by atoms with van der Waals surface area (Å²) in [5, 5.41) is 9.08. The van der Waals surface area contributed by atoms with Crippen LogP contribution in [-0.4, -0.2) is 35.1 Å². The number of aliphatic carboxylic acids is 1. The molecular formula is C10H19NO2. The van der Waals surface area contributed by atoms with E-state index in [0.29, 0.717) is 6.04 Å². The minimum Gasteiger partial charge on any atom is -0.481 e. The predicted molar refractivity (Wildman–Crippen MR) is 51.7 cm³/mol. The molecule has 1 unspecified atom stereocenters. The third kappa shape index (κ3) is 1.70. The van der Waals surface area contributed by atoms with Crippen LogP contribution < -0.4 is 0 Å². The fraction of sp³-hybridized carbons (Fsp3) is 0.900. The van der Waals surface area contributed by atoms with E-state index in [4.69, 9.17) is 5.11 Å². The average molecular weight is 185 g/mol. The number of carbonyl (C=O) groups is 1. The molecule has 1 saturated carbocycles. The van der Waals surface area contributed by atoms with E-state index in [0.717, 1.165) is 12.8 Å². The second kappa shape index (κ2) is 3.29. The molecule has 13 heavy (non-hydrogen) atoms. The zero-order valence-electron chi connectivity index (χ0n) is 8.87. The SMILES string of the molecule is CC(C)N(C)C(C)C1(C(=O)O)CC1. The maximum atomic E-state index is 11.0. The third-order valence-corrected chi connectivity index (χ3v) is 3.44. The number of carboxylic acids is 1. The molecule has 0 aliphatic heterocycles. The number of nitrogens with zero attached hydrogens (tertiary/aromatic N) is 1. The van der Waals surface area contributed by atoms with Gasteiger partial charge < -0.3 is 10.0 Å². The maximum absolute atomic E-state index is 11.0. The summed E-state index contributed by atoms with van der Waals surface area (Å²) in [6, 6.07) is 0.553. The van der Waals surface area contributed by atoms with Crippen LogP contribution in [0.1, 0.15) is 33.6 Å². The van der Waals surface area contributed by atoms with Gasteiger partial charge in [-0.15, -0.1) is 0 Å². The van der Waals surface area contributed by atoms with Gasteiger partial charge in [-0.25, -0.2) is 0 Å². The van der Waals surface area contributed by atoms with Crippen LogP contribution >= 0.6 is 0 Å². The number of hydrogen-bond donors (Lipinski definition) is 1. The molecule has 0 aromatic rings. The Hall–Kier alpha value is -0.570. The maximum Gasteiger partial charge on any atom is 0.311 e. The summed E-state index contributed by atoms with van der Waals surface area (Å²) in [6.07, 6.45) is 1.67. The van der Waals surface area contributed by atoms with Crippen molar-refractivity contribution in [3.63, 3.8) is 0 Å². The Labute approximate surface area is 79.7 Å². The zero-order valence-corrected chi connectivity index (χ0v) is 8.87. The van der Waals surface area contributed by atoms with Crippen LogP contribution in [0.4, 0.5) is 0 Å². The summed E-state index contributed by atoms with van der Waals surface area (Å²) in [7, 11) is 2.00. The summed E-state index contributed by atoms with van der Waals surface area (Å²) in [4.78, 5) is 13.2. The molecule has 1 aliphatic carbocycles. The van der Waals surface area contributed by atoms with Crippen molar-refractivity contribution in [1.82, 2.24) is 4.90 Å². The second-order valence-corrected chi connectivity index (χ2v) is 4.40. The molecule has 1 rings (SSSR count). The lowest BCUT2D eigenvalue weighted by molar-refractivity contribution is -0.146. The van der Waals surface area contributed by atoms with Crippen LogP contribution in [0, 0.1) is 5.41 Å². The lowest BCUT2D eigenvalue weighted by Crippen LogP contribution is -2.44. The van der Waals surface area contributed by atoms with Crippen molar-refractivity contribution in [2.75, 3.05) is 7.05 Å². The van der Waals surface area contributed by atoms with Gasteiger partial charge in [0.05, 0.1) is 5.41 Å². The second-order valence-electron chi connectivity index (χ2n) is 4.40. The molecule has 0 amide bonds. The van der Waals surface area contributed by atoms with Crippen molar-refractivity contribution in [3.8, 4) is 0 Å². The third-order valence-electron chi connectivity index (χ3n) is 3.44. The highest BCUT2D eigenvalue weighted by Crippen LogP contribution is 2.50. The Morgan fingerprint density at radius 2 is 1.85 bits per heavy atom. The lowest BCUT2D eigenvalue weighted by atomic mass is 9.96. The Balaban J connectivity index is 2.67. The molecule has 3 heteroatoms. The minimum absolute atomic E-state index is 0.144. The van der Waals surface area contributed by atoms with Crippen LogP contribution in [-0.2, 0) is 4.79 Å². The first kappa shape index (κ1) is 10.5.